The van der Waals surface area contributed by atoms with Gasteiger partial charge in [-0.15, -0.1) is 5.10 Å². The molecule has 4 aromatic heterocycles. The Labute approximate surface area is 202 Å². The number of pyridine rings is 2. The van der Waals surface area contributed by atoms with Crippen molar-refractivity contribution < 1.29 is 9.53 Å². The lowest BCUT2D eigenvalue weighted by molar-refractivity contribution is 0.102. The summed E-state index contributed by atoms with van der Waals surface area (Å²) in [5.41, 5.74) is 0.927. The van der Waals surface area contributed by atoms with Crippen molar-refractivity contribution in [3.8, 4) is 11.7 Å². The normalized spacial score (nSPS) is 15.7. The molecular weight excluding hydrogens is 446 g/mol. The first kappa shape index (κ1) is 22.3. The number of nitrogens with zero attached hydrogens (tertiary/aromatic N) is 8. The first-order valence-electron chi connectivity index (χ1n) is 11.2. The zero-order valence-electron chi connectivity index (χ0n) is 19.4. The molecule has 0 saturated carbocycles. The predicted molar refractivity (Wildman–Crippen MR) is 131 cm³/mol. The van der Waals surface area contributed by atoms with Crippen LogP contribution in [0.15, 0.2) is 67.4 Å². The lowest BCUT2D eigenvalue weighted by atomic mass is 10.2. The van der Waals surface area contributed by atoms with E-state index in [0.29, 0.717) is 28.9 Å². The zero-order chi connectivity index (χ0) is 24.2. The van der Waals surface area contributed by atoms with Crippen molar-refractivity contribution in [3.63, 3.8) is 0 Å². The quantitative estimate of drug-likeness (QED) is 0.453. The molecule has 11 heteroatoms. The summed E-state index contributed by atoms with van der Waals surface area (Å²) >= 11 is 0. The van der Waals surface area contributed by atoms with Gasteiger partial charge in [0.2, 0.25) is 11.8 Å². The summed E-state index contributed by atoms with van der Waals surface area (Å²) in [6.07, 6.45) is 8.28. The predicted octanol–water partition coefficient (Wildman–Crippen LogP) is 2.43. The fraction of sp³-hybridized carbons (Fsp3) is 0.250. The van der Waals surface area contributed by atoms with Crippen LogP contribution in [0.25, 0.3) is 5.82 Å². The third kappa shape index (κ3) is 4.88. The van der Waals surface area contributed by atoms with Gasteiger partial charge >= 0.3 is 0 Å². The Bertz CT molecular complexity index is 1280. The van der Waals surface area contributed by atoms with E-state index in [4.69, 9.17) is 4.74 Å². The molecule has 0 aromatic carbocycles. The molecule has 1 saturated heterocycles. The average molecular weight is 472 g/mol. The van der Waals surface area contributed by atoms with Crippen LogP contribution in [-0.4, -0.2) is 68.4 Å². The van der Waals surface area contributed by atoms with E-state index in [1.54, 1.807) is 48.6 Å². The average Bonchev–Trinajstić information content (AvgIpc) is 3.39. The molecule has 1 fully saturated rings. The molecule has 0 radical (unpaired) electrons. The Balaban J connectivity index is 1.19. The molecular formula is C24H25N9O2. The van der Waals surface area contributed by atoms with E-state index in [0.717, 1.165) is 25.5 Å². The molecule has 1 N–H and O–H groups in total. The standard InChI is InChI=1S/C24H25N9O2/c1-17-16-31(20-5-3-4-9-25-20)11-12-32(17)24-27-14-19(15-28-24)29-23(34)18-6-7-21(26-13-18)33-10-8-22(30-33)35-2/h3-10,13-15,17H,11-12,16H2,1-2H3,(H,29,34)/t17-/m0/s1. The number of carbonyl (C=O) groups excluding carboxylic acids is 1. The Kier molecular flexibility index (Phi) is 6.20. The molecule has 0 bridgehead atoms. The van der Waals surface area contributed by atoms with Gasteiger partial charge in [0.15, 0.2) is 5.82 Å². The second-order valence-corrected chi connectivity index (χ2v) is 8.11. The minimum Gasteiger partial charge on any atom is -0.480 e. The molecule has 11 nitrogen and oxygen atoms in total. The maximum atomic E-state index is 12.7. The number of amides is 1. The van der Waals surface area contributed by atoms with E-state index < -0.39 is 0 Å². The van der Waals surface area contributed by atoms with Gasteiger partial charge in [0.1, 0.15) is 5.82 Å². The molecule has 0 aliphatic carbocycles. The number of piperazine rings is 1. The molecule has 0 spiro atoms. The number of ether oxygens (including phenoxy) is 1. The van der Waals surface area contributed by atoms with E-state index in [9.17, 15) is 4.79 Å². The molecule has 178 valence electrons. The van der Waals surface area contributed by atoms with Gasteiger partial charge in [-0.25, -0.2) is 24.6 Å². The zero-order valence-corrected chi connectivity index (χ0v) is 19.4. The van der Waals surface area contributed by atoms with Crippen molar-refractivity contribution in [3.05, 3.63) is 72.9 Å². The van der Waals surface area contributed by atoms with Crippen molar-refractivity contribution in [2.24, 2.45) is 0 Å². The first-order valence-corrected chi connectivity index (χ1v) is 11.2. The highest BCUT2D eigenvalue weighted by Gasteiger charge is 2.26. The number of hydrogen-bond acceptors (Lipinski definition) is 9. The van der Waals surface area contributed by atoms with E-state index >= 15 is 0 Å². The topological polar surface area (TPSA) is 114 Å². The minimum absolute atomic E-state index is 0.213. The molecule has 1 amide bonds. The smallest absolute Gasteiger partial charge is 0.257 e. The molecule has 0 unspecified atom stereocenters. The summed E-state index contributed by atoms with van der Waals surface area (Å²) in [6, 6.07) is 11.3. The maximum Gasteiger partial charge on any atom is 0.257 e. The van der Waals surface area contributed by atoms with Crippen molar-refractivity contribution in [2.75, 3.05) is 41.9 Å². The van der Waals surface area contributed by atoms with Gasteiger partial charge in [-0.3, -0.25) is 4.79 Å². The summed E-state index contributed by atoms with van der Waals surface area (Å²) < 4.78 is 6.65. The van der Waals surface area contributed by atoms with Gasteiger partial charge in [0.25, 0.3) is 5.91 Å². The number of methoxy groups -OCH3 is 1. The highest BCUT2D eigenvalue weighted by atomic mass is 16.5. The third-order valence-electron chi connectivity index (χ3n) is 5.77. The summed E-state index contributed by atoms with van der Waals surface area (Å²) in [5.74, 6) is 2.38. The Hall–Kier alpha value is -4.54. The van der Waals surface area contributed by atoms with Crippen LogP contribution >= 0.6 is 0 Å². The second-order valence-electron chi connectivity index (χ2n) is 8.11. The molecule has 1 aliphatic rings. The summed E-state index contributed by atoms with van der Waals surface area (Å²) in [5, 5.41) is 7.04. The fourth-order valence-electron chi connectivity index (χ4n) is 3.94. The summed E-state index contributed by atoms with van der Waals surface area (Å²) in [4.78, 5) is 34.8. The van der Waals surface area contributed by atoms with Crippen LogP contribution in [0.4, 0.5) is 17.5 Å². The van der Waals surface area contributed by atoms with Gasteiger partial charge < -0.3 is 19.9 Å². The first-order chi connectivity index (χ1) is 17.1. The Morgan fingerprint density at radius 3 is 2.51 bits per heavy atom. The van der Waals surface area contributed by atoms with E-state index in [-0.39, 0.29) is 11.9 Å². The van der Waals surface area contributed by atoms with Crippen LogP contribution in [0.2, 0.25) is 0 Å². The highest BCUT2D eigenvalue weighted by Crippen LogP contribution is 2.21. The van der Waals surface area contributed by atoms with E-state index in [2.05, 4.69) is 47.1 Å². The molecule has 5 rings (SSSR count). The van der Waals surface area contributed by atoms with Gasteiger partial charge in [-0.05, 0) is 31.2 Å². The Morgan fingerprint density at radius 2 is 1.86 bits per heavy atom. The van der Waals surface area contributed by atoms with Crippen molar-refractivity contribution in [1.29, 1.82) is 0 Å². The molecule has 1 aliphatic heterocycles. The number of nitrogens with one attached hydrogen (secondary N) is 1. The van der Waals surface area contributed by atoms with Crippen LogP contribution < -0.4 is 19.9 Å². The van der Waals surface area contributed by atoms with Crippen LogP contribution in [-0.2, 0) is 0 Å². The fourth-order valence-corrected chi connectivity index (χ4v) is 3.94. The second kappa shape index (κ2) is 9.75. The number of carbonyl (C=O) groups is 1. The van der Waals surface area contributed by atoms with E-state index in [1.165, 1.54) is 6.20 Å². The number of anilines is 3. The minimum atomic E-state index is -0.296. The number of rotatable bonds is 6. The maximum absolute atomic E-state index is 12.7. The van der Waals surface area contributed by atoms with Crippen LogP contribution in [0.1, 0.15) is 17.3 Å². The van der Waals surface area contributed by atoms with Crippen LogP contribution in [0.3, 0.4) is 0 Å². The van der Waals surface area contributed by atoms with Crippen molar-refractivity contribution >= 4 is 23.4 Å². The van der Waals surface area contributed by atoms with Crippen LogP contribution in [0, 0.1) is 0 Å². The largest absolute Gasteiger partial charge is 0.480 e. The van der Waals surface area contributed by atoms with Gasteiger partial charge in [-0.1, -0.05) is 6.07 Å². The molecule has 1 atom stereocenters. The highest BCUT2D eigenvalue weighted by molar-refractivity contribution is 6.03. The number of aromatic nitrogens is 6. The van der Waals surface area contributed by atoms with Crippen molar-refractivity contribution in [2.45, 2.75) is 13.0 Å². The van der Waals surface area contributed by atoms with Gasteiger partial charge in [-0.2, -0.15) is 0 Å². The molecule has 35 heavy (non-hydrogen) atoms. The van der Waals surface area contributed by atoms with Gasteiger partial charge in [0, 0.05) is 50.3 Å². The van der Waals surface area contributed by atoms with Crippen molar-refractivity contribution in [1.82, 2.24) is 29.7 Å². The lowest BCUT2D eigenvalue weighted by Crippen LogP contribution is -2.53. The SMILES string of the molecule is COc1ccn(-c2ccc(C(=O)Nc3cnc(N4CCN(c5ccccn5)C[C@@H]4C)nc3)cn2)n1. The number of hydrogen-bond donors (Lipinski definition) is 1. The van der Waals surface area contributed by atoms with E-state index in [1.807, 2.05) is 24.4 Å². The monoisotopic (exact) mass is 471 g/mol. The van der Waals surface area contributed by atoms with Crippen LogP contribution in [0.5, 0.6) is 5.88 Å². The lowest BCUT2D eigenvalue weighted by Gasteiger charge is -2.40. The summed E-state index contributed by atoms with van der Waals surface area (Å²) in [6.45, 7) is 4.58. The molecule has 5 heterocycles. The van der Waals surface area contributed by atoms with Gasteiger partial charge in [0.05, 0.1) is 30.8 Å². The Morgan fingerprint density at radius 1 is 1.00 bits per heavy atom. The molecule has 4 aromatic rings. The summed E-state index contributed by atoms with van der Waals surface area (Å²) in [7, 11) is 1.55. The third-order valence-corrected chi connectivity index (χ3v) is 5.77.